The molecule has 0 saturated heterocycles. The Morgan fingerprint density at radius 2 is 1.66 bits per heavy atom. The molecule has 8 heteroatoms. The minimum atomic E-state index is -3.82. The first kappa shape index (κ1) is 24.6. The highest BCUT2D eigenvalue weighted by Crippen LogP contribution is 2.26. The maximum absolute atomic E-state index is 12.8. The molecular weight excluding hydrogens is 484 g/mol. The van der Waals surface area contributed by atoms with Crippen molar-refractivity contribution in [3.8, 4) is 5.75 Å². The van der Waals surface area contributed by atoms with Gasteiger partial charge in [0.15, 0.2) is 6.10 Å². The van der Waals surface area contributed by atoms with Crippen molar-refractivity contribution in [2.75, 3.05) is 10.0 Å². The smallest absolute Gasteiger partial charge is 0.265 e. The number of benzene rings is 4. The van der Waals surface area contributed by atoms with E-state index in [0.29, 0.717) is 34.1 Å². The van der Waals surface area contributed by atoms with E-state index in [2.05, 4.69) is 10.0 Å². The Balaban J connectivity index is 1.43. The molecule has 0 aromatic heterocycles. The lowest BCUT2D eigenvalue weighted by molar-refractivity contribution is -0.122. The molecule has 0 bridgehead atoms. The van der Waals surface area contributed by atoms with Gasteiger partial charge >= 0.3 is 0 Å². The van der Waals surface area contributed by atoms with Crippen LogP contribution in [0.4, 0.5) is 11.4 Å². The first-order valence-electron chi connectivity index (χ1n) is 11.1. The summed E-state index contributed by atoms with van der Waals surface area (Å²) in [6.45, 7) is 3.60. The molecular formula is C27H25ClN2O4S. The van der Waals surface area contributed by atoms with Gasteiger partial charge in [-0.2, -0.15) is 0 Å². The molecule has 2 N–H and O–H groups in total. The summed E-state index contributed by atoms with van der Waals surface area (Å²) in [6, 6.07) is 24.6. The number of amides is 1. The van der Waals surface area contributed by atoms with Gasteiger partial charge in [-0.15, -0.1) is 0 Å². The number of nitrogens with one attached hydrogen (secondary N) is 2. The Bertz CT molecular complexity index is 1470. The number of fused-ring (bicyclic) bond motifs is 1. The molecule has 1 amide bonds. The monoisotopic (exact) mass is 508 g/mol. The zero-order valence-electron chi connectivity index (χ0n) is 19.3. The van der Waals surface area contributed by atoms with Crippen molar-refractivity contribution < 1.29 is 17.9 Å². The zero-order valence-corrected chi connectivity index (χ0v) is 20.9. The van der Waals surface area contributed by atoms with E-state index in [0.717, 1.165) is 10.8 Å². The van der Waals surface area contributed by atoms with E-state index in [1.165, 1.54) is 12.1 Å². The molecule has 1 atom stereocenters. The number of ether oxygens (including phenoxy) is 1. The zero-order chi connectivity index (χ0) is 25.0. The van der Waals surface area contributed by atoms with Crippen molar-refractivity contribution in [2.24, 2.45) is 0 Å². The Kier molecular flexibility index (Phi) is 7.28. The van der Waals surface area contributed by atoms with Gasteiger partial charge < -0.3 is 10.1 Å². The normalized spacial score (nSPS) is 12.2. The standard InChI is InChI=1S/C27H25ClN2O4S/c1-3-26(34-22-14-11-19-7-4-5-8-20(19)17-22)27(31)29-21-12-15-23(16-13-21)35(32,33)30-25-10-6-9-24(28)18(25)2/h4-17,26,30H,3H2,1-2H3,(H,29,31). The van der Waals surface area contributed by atoms with E-state index in [1.54, 1.807) is 37.3 Å². The number of halogens is 1. The summed E-state index contributed by atoms with van der Waals surface area (Å²) < 4.78 is 34.1. The van der Waals surface area contributed by atoms with E-state index in [9.17, 15) is 13.2 Å². The predicted molar refractivity (Wildman–Crippen MR) is 141 cm³/mol. The largest absolute Gasteiger partial charge is 0.481 e. The highest BCUT2D eigenvalue weighted by molar-refractivity contribution is 7.92. The molecule has 0 aliphatic heterocycles. The van der Waals surface area contributed by atoms with Crippen LogP contribution in [0, 0.1) is 6.92 Å². The van der Waals surface area contributed by atoms with Crippen molar-refractivity contribution in [1.82, 2.24) is 0 Å². The third-order valence-corrected chi connectivity index (χ3v) is 7.40. The molecule has 0 saturated carbocycles. The second-order valence-corrected chi connectivity index (χ2v) is 10.1. The average Bonchev–Trinajstić information content (AvgIpc) is 2.85. The highest BCUT2D eigenvalue weighted by Gasteiger charge is 2.20. The van der Waals surface area contributed by atoms with E-state index in [4.69, 9.17) is 16.3 Å². The number of sulfonamides is 1. The second kappa shape index (κ2) is 10.4. The van der Waals surface area contributed by atoms with Crippen molar-refractivity contribution in [2.45, 2.75) is 31.3 Å². The predicted octanol–water partition coefficient (Wildman–Crippen LogP) is 6.40. The Morgan fingerprint density at radius 1 is 0.943 bits per heavy atom. The first-order valence-corrected chi connectivity index (χ1v) is 13.0. The Hall–Kier alpha value is -3.55. The van der Waals surface area contributed by atoms with Crippen LogP contribution in [-0.4, -0.2) is 20.4 Å². The van der Waals surface area contributed by atoms with Crippen LogP contribution in [0.25, 0.3) is 10.8 Å². The van der Waals surface area contributed by atoms with Gasteiger partial charge in [0.05, 0.1) is 10.6 Å². The quantitative estimate of drug-likeness (QED) is 0.288. The maximum atomic E-state index is 12.8. The van der Waals surface area contributed by atoms with Gasteiger partial charge in [-0.1, -0.05) is 54.9 Å². The van der Waals surface area contributed by atoms with E-state index < -0.39 is 16.1 Å². The summed E-state index contributed by atoms with van der Waals surface area (Å²) in [7, 11) is -3.82. The van der Waals surface area contributed by atoms with E-state index in [1.807, 2.05) is 49.4 Å². The van der Waals surface area contributed by atoms with Gasteiger partial charge in [-0.3, -0.25) is 9.52 Å². The summed E-state index contributed by atoms with van der Waals surface area (Å²) in [5, 5.41) is 5.39. The molecule has 0 fully saturated rings. The molecule has 4 aromatic carbocycles. The number of carbonyl (C=O) groups excluding carboxylic acids is 1. The minimum Gasteiger partial charge on any atom is -0.481 e. The number of anilines is 2. The summed E-state index contributed by atoms with van der Waals surface area (Å²) in [5.74, 6) is 0.290. The molecule has 4 rings (SSSR count). The Morgan fingerprint density at radius 3 is 2.37 bits per heavy atom. The molecule has 0 heterocycles. The molecule has 6 nitrogen and oxygen atoms in total. The molecule has 180 valence electrons. The van der Waals surface area contributed by atoms with Gasteiger partial charge in [0, 0.05) is 10.7 Å². The average molecular weight is 509 g/mol. The molecule has 4 aromatic rings. The van der Waals surface area contributed by atoms with Crippen LogP contribution in [-0.2, 0) is 14.8 Å². The van der Waals surface area contributed by atoms with E-state index >= 15 is 0 Å². The molecule has 0 aliphatic rings. The lowest BCUT2D eigenvalue weighted by Gasteiger charge is -2.18. The van der Waals surface area contributed by atoms with Crippen LogP contribution in [0.2, 0.25) is 5.02 Å². The lowest BCUT2D eigenvalue weighted by atomic mass is 10.1. The highest BCUT2D eigenvalue weighted by atomic mass is 35.5. The van der Waals surface area contributed by atoms with Crippen molar-refractivity contribution in [3.63, 3.8) is 0 Å². The van der Waals surface area contributed by atoms with Crippen molar-refractivity contribution >= 4 is 49.7 Å². The van der Waals surface area contributed by atoms with Crippen LogP contribution in [0.3, 0.4) is 0 Å². The number of hydrogen-bond acceptors (Lipinski definition) is 4. The minimum absolute atomic E-state index is 0.0642. The molecule has 35 heavy (non-hydrogen) atoms. The molecule has 0 aliphatic carbocycles. The summed E-state index contributed by atoms with van der Waals surface area (Å²) in [4.78, 5) is 12.9. The second-order valence-electron chi connectivity index (χ2n) is 8.06. The molecule has 0 radical (unpaired) electrons. The first-order chi connectivity index (χ1) is 16.8. The van der Waals surface area contributed by atoms with Crippen molar-refractivity contribution in [1.29, 1.82) is 0 Å². The summed E-state index contributed by atoms with van der Waals surface area (Å²) >= 11 is 6.09. The third kappa shape index (κ3) is 5.75. The van der Waals surface area contributed by atoms with Crippen LogP contribution in [0.5, 0.6) is 5.75 Å². The molecule has 1 unspecified atom stereocenters. The number of rotatable bonds is 8. The number of carbonyl (C=O) groups is 1. The fraction of sp³-hybridized carbons (Fsp3) is 0.148. The van der Waals surface area contributed by atoms with Gasteiger partial charge in [0.1, 0.15) is 5.75 Å². The van der Waals surface area contributed by atoms with Gasteiger partial charge in [-0.05, 0) is 78.2 Å². The fourth-order valence-electron chi connectivity index (χ4n) is 3.59. The van der Waals surface area contributed by atoms with Crippen LogP contribution >= 0.6 is 11.6 Å². The van der Waals surface area contributed by atoms with Crippen LogP contribution in [0.15, 0.2) is 89.8 Å². The summed E-state index contributed by atoms with van der Waals surface area (Å²) in [5.41, 5.74) is 1.51. The molecule has 0 spiro atoms. The van der Waals surface area contributed by atoms with Gasteiger partial charge in [-0.25, -0.2) is 8.42 Å². The van der Waals surface area contributed by atoms with Crippen LogP contribution in [0.1, 0.15) is 18.9 Å². The fourth-order valence-corrected chi connectivity index (χ4v) is 4.89. The third-order valence-electron chi connectivity index (χ3n) is 5.61. The van der Waals surface area contributed by atoms with Gasteiger partial charge in [0.2, 0.25) is 0 Å². The summed E-state index contributed by atoms with van der Waals surface area (Å²) in [6.07, 6.45) is -0.236. The SMILES string of the molecule is CCC(Oc1ccc2ccccc2c1)C(=O)Nc1ccc(S(=O)(=O)Nc2cccc(Cl)c2C)cc1. The number of hydrogen-bond donors (Lipinski definition) is 2. The van der Waals surface area contributed by atoms with E-state index in [-0.39, 0.29) is 10.8 Å². The van der Waals surface area contributed by atoms with Gasteiger partial charge in [0.25, 0.3) is 15.9 Å². The topological polar surface area (TPSA) is 84.5 Å². The van der Waals surface area contributed by atoms with Crippen molar-refractivity contribution in [3.05, 3.63) is 95.5 Å². The Labute approximate surface area is 209 Å². The maximum Gasteiger partial charge on any atom is 0.265 e. The lowest BCUT2D eigenvalue weighted by Crippen LogP contribution is -2.32. The van der Waals surface area contributed by atoms with Crippen LogP contribution < -0.4 is 14.8 Å².